The number of amides is 1. The average Bonchev–Trinajstić information content (AvgIpc) is 3.51. The fourth-order valence-corrected chi connectivity index (χ4v) is 4.80. The molecule has 0 spiro atoms. The van der Waals surface area contributed by atoms with E-state index in [1.165, 1.54) is 16.9 Å². The summed E-state index contributed by atoms with van der Waals surface area (Å²) >= 11 is 1.48. The van der Waals surface area contributed by atoms with Crippen LogP contribution >= 0.6 is 11.3 Å². The van der Waals surface area contributed by atoms with Gasteiger partial charge in [0.25, 0.3) is 5.91 Å². The fraction of sp³-hybridized carbons (Fsp3) is 0.208. The van der Waals surface area contributed by atoms with Gasteiger partial charge in [-0.15, -0.1) is 0 Å². The Morgan fingerprint density at radius 3 is 2.50 bits per heavy atom. The molecule has 0 saturated carbocycles. The summed E-state index contributed by atoms with van der Waals surface area (Å²) in [5, 5.41) is 4.50. The SMILES string of the molecule is O=C(Nc1nc(-c2ccco2)c(N2CCN(Cc3ccccc3)CC2)s1)c1ccncc1. The molecule has 0 bridgehead atoms. The normalized spacial score (nSPS) is 14.4. The summed E-state index contributed by atoms with van der Waals surface area (Å²) < 4.78 is 5.64. The van der Waals surface area contributed by atoms with Gasteiger partial charge in [0.05, 0.1) is 6.26 Å². The fourth-order valence-electron chi connectivity index (χ4n) is 3.78. The number of furan rings is 1. The van der Waals surface area contributed by atoms with Crippen LogP contribution in [0.25, 0.3) is 11.5 Å². The van der Waals surface area contributed by atoms with Crippen LogP contribution in [0.2, 0.25) is 0 Å². The molecular weight excluding hydrogens is 422 g/mol. The predicted octanol–water partition coefficient (Wildman–Crippen LogP) is 4.37. The van der Waals surface area contributed by atoms with E-state index >= 15 is 0 Å². The molecule has 4 heterocycles. The number of nitrogens with one attached hydrogen (secondary N) is 1. The van der Waals surface area contributed by atoms with Crippen LogP contribution in [0.4, 0.5) is 10.1 Å². The molecule has 1 amide bonds. The Hall–Kier alpha value is -3.49. The molecule has 162 valence electrons. The van der Waals surface area contributed by atoms with Crippen LogP contribution in [-0.4, -0.2) is 47.0 Å². The Morgan fingerprint density at radius 2 is 1.78 bits per heavy atom. The summed E-state index contributed by atoms with van der Waals surface area (Å²) in [6.45, 7) is 4.66. The van der Waals surface area contributed by atoms with E-state index in [4.69, 9.17) is 9.40 Å². The average molecular weight is 446 g/mol. The molecule has 3 aromatic heterocycles. The molecule has 1 fully saturated rings. The molecule has 0 atom stereocenters. The van der Waals surface area contributed by atoms with E-state index in [1.54, 1.807) is 30.8 Å². The van der Waals surface area contributed by atoms with Crippen molar-refractivity contribution in [3.8, 4) is 11.5 Å². The summed E-state index contributed by atoms with van der Waals surface area (Å²) in [6, 6.07) is 17.7. The number of aromatic nitrogens is 2. The first-order chi connectivity index (χ1) is 15.8. The number of benzene rings is 1. The van der Waals surface area contributed by atoms with Crippen LogP contribution in [0.3, 0.4) is 0 Å². The van der Waals surface area contributed by atoms with Gasteiger partial charge in [-0.3, -0.25) is 20.0 Å². The van der Waals surface area contributed by atoms with Gasteiger partial charge in [0, 0.05) is 50.7 Å². The Bertz CT molecular complexity index is 1150. The predicted molar refractivity (Wildman–Crippen MR) is 126 cm³/mol. The molecule has 1 saturated heterocycles. The molecule has 1 aliphatic rings. The van der Waals surface area contributed by atoms with E-state index in [0.29, 0.717) is 16.5 Å². The third-order valence-electron chi connectivity index (χ3n) is 5.44. The number of hydrogen-bond donors (Lipinski definition) is 1. The summed E-state index contributed by atoms with van der Waals surface area (Å²) in [5.41, 5.74) is 2.64. The van der Waals surface area contributed by atoms with Gasteiger partial charge < -0.3 is 9.32 Å². The Kier molecular flexibility index (Phi) is 5.96. The standard InChI is InChI=1S/C24H23N5O2S/c30-22(19-8-10-25-11-9-19)27-24-26-21(20-7-4-16-31-20)23(32-24)29-14-12-28(13-15-29)17-18-5-2-1-3-6-18/h1-11,16H,12-15,17H2,(H,26,27,30). The summed E-state index contributed by atoms with van der Waals surface area (Å²) in [7, 11) is 0. The number of hydrogen-bond acceptors (Lipinski definition) is 7. The highest BCUT2D eigenvalue weighted by atomic mass is 32.1. The second kappa shape index (κ2) is 9.33. The van der Waals surface area contributed by atoms with Crippen LogP contribution in [0.15, 0.2) is 77.7 Å². The molecule has 0 unspecified atom stereocenters. The zero-order valence-electron chi connectivity index (χ0n) is 17.5. The molecule has 7 nitrogen and oxygen atoms in total. The quantitative estimate of drug-likeness (QED) is 0.475. The molecule has 32 heavy (non-hydrogen) atoms. The molecule has 0 radical (unpaired) electrons. The van der Waals surface area contributed by atoms with E-state index < -0.39 is 0 Å². The number of thiazole rings is 1. The number of pyridine rings is 1. The molecular formula is C24H23N5O2S. The lowest BCUT2D eigenvalue weighted by Crippen LogP contribution is -2.45. The Morgan fingerprint density at radius 1 is 1.00 bits per heavy atom. The van der Waals surface area contributed by atoms with E-state index in [2.05, 4.69) is 44.4 Å². The van der Waals surface area contributed by atoms with Gasteiger partial charge in [0.2, 0.25) is 0 Å². The molecule has 8 heteroatoms. The minimum absolute atomic E-state index is 0.202. The second-order valence-corrected chi connectivity index (χ2v) is 8.57. The van der Waals surface area contributed by atoms with E-state index in [-0.39, 0.29) is 5.91 Å². The third kappa shape index (κ3) is 4.56. The molecule has 0 aliphatic carbocycles. The minimum Gasteiger partial charge on any atom is -0.463 e. The highest BCUT2D eigenvalue weighted by Gasteiger charge is 2.25. The van der Waals surface area contributed by atoms with Gasteiger partial charge in [-0.05, 0) is 29.8 Å². The number of rotatable bonds is 6. The van der Waals surface area contributed by atoms with Crippen molar-refractivity contribution in [1.29, 1.82) is 0 Å². The van der Waals surface area contributed by atoms with E-state index in [1.807, 2.05) is 18.2 Å². The topological polar surface area (TPSA) is 74.5 Å². The maximum atomic E-state index is 12.6. The van der Waals surface area contributed by atoms with Crippen molar-refractivity contribution in [3.63, 3.8) is 0 Å². The smallest absolute Gasteiger partial charge is 0.257 e. The van der Waals surface area contributed by atoms with Crippen molar-refractivity contribution in [2.45, 2.75) is 6.54 Å². The molecule has 4 aromatic rings. The van der Waals surface area contributed by atoms with Gasteiger partial charge in [-0.1, -0.05) is 41.7 Å². The molecule has 1 aromatic carbocycles. The van der Waals surface area contributed by atoms with Gasteiger partial charge >= 0.3 is 0 Å². The van der Waals surface area contributed by atoms with Crippen molar-refractivity contribution in [2.75, 3.05) is 36.4 Å². The summed E-state index contributed by atoms with van der Waals surface area (Å²) in [4.78, 5) is 26.1. The lowest BCUT2D eigenvalue weighted by atomic mass is 10.2. The number of piperazine rings is 1. The van der Waals surface area contributed by atoms with Crippen LogP contribution in [0.5, 0.6) is 0 Å². The van der Waals surface area contributed by atoms with Gasteiger partial charge in [-0.2, -0.15) is 0 Å². The summed E-state index contributed by atoms with van der Waals surface area (Å²) in [5.74, 6) is 0.499. The highest BCUT2D eigenvalue weighted by molar-refractivity contribution is 7.20. The Labute approximate surface area is 190 Å². The first kappa shape index (κ1) is 20.4. The minimum atomic E-state index is -0.202. The van der Waals surface area contributed by atoms with Crippen LogP contribution in [-0.2, 0) is 6.54 Å². The first-order valence-corrected chi connectivity index (χ1v) is 11.4. The maximum absolute atomic E-state index is 12.6. The molecule has 5 rings (SSSR count). The van der Waals surface area contributed by atoms with E-state index in [0.717, 1.165) is 43.4 Å². The number of nitrogens with zero attached hydrogens (tertiary/aromatic N) is 4. The highest BCUT2D eigenvalue weighted by Crippen LogP contribution is 2.39. The monoisotopic (exact) mass is 445 g/mol. The van der Waals surface area contributed by atoms with Crippen molar-refractivity contribution in [3.05, 3.63) is 84.4 Å². The van der Waals surface area contributed by atoms with Crippen LogP contribution < -0.4 is 10.2 Å². The number of anilines is 2. The summed E-state index contributed by atoms with van der Waals surface area (Å²) in [6.07, 6.45) is 4.85. The first-order valence-electron chi connectivity index (χ1n) is 10.5. The zero-order chi connectivity index (χ0) is 21.8. The van der Waals surface area contributed by atoms with Gasteiger partial charge in [0.1, 0.15) is 10.7 Å². The molecule has 1 aliphatic heterocycles. The largest absolute Gasteiger partial charge is 0.463 e. The lowest BCUT2D eigenvalue weighted by Gasteiger charge is -2.35. The number of carbonyl (C=O) groups is 1. The molecule has 1 N–H and O–H groups in total. The van der Waals surface area contributed by atoms with E-state index in [9.17, 15) is 4.79 Å². The second-order valence-electron chi connectivity index (χ2n) is 7.59. The maximum Gasteiger partial charge on any atom is 0.257 e. The lowest BCUT2D eigenvalue weighted by molar-refractivity contribution is 0.102. The van der Waals surface area contributed by atoms with Crippen molar-refractivity contribution in [2.24, 2.45) is 0 Å². The van der Waals surface area contributed by atoms with Gasteiger partial charge in [0.15, 0.2) is 10.9 Å². The Balaban J connectivity index is 1.32. The number of carbonyl (C=O) groups excluding carboxylic acids is 1. The van der Waals surface area contributed by atoms with Crippen LogP contribution in [0.1, 0.15) is 15.9 Å². The zero-order valence-corrected chi connectivity index (χ0v) is 18.3. The van der Waals surface area contributed by atoms with Crippen LogP contribution in [0, 0.1) is 0 Å². The van der Waals surface area contributed by atoms with Crippen molar-refractivity contribution in [1.82, 2.24) is 14.9 Å². The third-order valence-corrected chi connectivity index (χ3v) is 6.47. The van der Waals surface area contributed by atoms with Crippen molar-refractivity contribution < 1.29 is 9.21 Å². The van der Waals surface area contributed by atoms with Gasteiger partial charge in [-0.25, -0.2) is 4.98 Å². The van der Waals surface area contributed by atoms with Crippen molar-refractivity contribution >= 4 is 27.4 Å².